The molecule has 0 saturated heterocycles. The summed E-state index contributed by atoms with van der Waals surface area (Å²) in [5.74, 6) is -0.248. The molecule has 6 heteroatoms. The summed E-state index contributed by atoms with van der Waals surface area (Å²) in [6.45, 7) is 3.65. The number of hydrogen-bond donors (Lipinski definition) is 1. The molecule has 0 unspecified atom stereocenters. The molecule has 1 aromatic rings. The third kappa shape index (κ3) is 3.37. The SMILES string of the molecule is Cc1ccc(S(=O)(=O)N(C)CC(=O)NC2CC2)cc1C. The molecule has 0 spiro atoms. The maximum atomic E-state index is 12.4. The van der Waals surface area contributed by atoms with Gasteiger partial charge in [0, 0.05) is 13.1 Å². The lowest BCUT2D eigenvalue weighted by atomic mass is 10.1. The molecule has 5 nitrogen and oxygen atoms in total. The number of nitrogens with zero attached hydrogens (tertiary/aromatic N) is 1. The molecule has 0 aromatic heterocycles. The summed E-state index contributed by atoms with van der Waals surface area (Å²) < 4.78 is 25.8. The number of carbonyl (C=O) groups is 1. The first-order valence-corrected chi connectivity index (χ1v) is 8.07. The third-order valence-corrected chi connectivity index (χ3v) is 5.29. The lowest BCUT2D eigenvalue weighted by Crippen LogP contribution is -2.39. The normalized spacial score (nSPS) is 15.4. The van der Waals surface area contributed by atoms with E-state index in [-0.39, 0.29) is 23.4 Å². The second-order valence-corrected chi connectivity index (χ2v) is 7.39. The number of hydrogen-bond acceptors (Lipinski definition) is 3. The first kappa shape index (κ1) is 15.0. The summed E-state index contributed by atoms with van der Waals surface area (Å²) in [6, 6.07) is 5.23. The number of carbonyl (C=O) groups excluding carboxylic acids is 1. The van der Waals surface area contributed by atoms with Gasteiger partial charge in [-0.25, -0.2) is 8.42 Å². The first-order chi connectivity index (χ1) is 9.30. The lowest BCUT2D eigenvalue weighted by molar-refractivity contribution is -0.121. The highest BCUT2D eigenvalue weighted by Gasteiger charge is 2.27. The fourth-order valence-electron chi connectivity index (χ4n) is 1.84. The zero-order chi connectivity index (χ0) is 14.9. The van der Waals surface area contributed by atoms with Crippen LogP contribution in [0.5, 0.6) is 0 Å². The highest BCUT2D eigenvalue weighted by Crippen LogP contribution is 2.20. The van der Waals surface area contributed by atoms with Gasteiger partial charge >= 0.3 is 0 Å². The van der Waals surface area contributed by atoms with E-state index in [2.05, 4.69) is 5.32 Å². The van der Waals surface area contributed by atoms with Gasteiger partial charge in [-0.2, -0.15) is 4.31 Å². The van der Waals surface area contributed by atoms with Gasteiger partial charge in [0.1, 0.15) is 0 Å². The second kappa shape index (κ2) is 5.54. The molecule has 1 amide bonds. The maximum absolute atomic E-state index is 12.4. The van der Waals surface area contributed by atoms with Crippen LogP contribution < -0.4 is 5.32 Å². The van der Waals surface area contributed by atoms with Gasteiger partial charge in [0.2, 0.25) is 15.9 Å². The van der Waals surface area contributed by atoms with Crippen LogP contribution in [-0.4, -0.2) is 38.3 Å². The quantitative estimate of drug-likeness (QED) is 0.888. The number of likely N-dealkylation sites (N-methyl/N-ethyl adjacent to an activating group) is 1. The van der Waals surface area contributed by atoms with E-state index in [1.165, 1.54) is 7.05 Å². The van der Waals surface area contributed by atoms with Crippen LogP contribution in [0.3, 0.4) is 0 Å². The Kier molecular flexibility index (Phi) is 4.15. The molecule has 0 atom stereocenters. The van der Waals surface area contributed by atoms with Gasteiger partial charge < -0.3 is 5.32 Å². The van der Waals surface area contributed by atoms with Crippen LogP contribution in [0.1, 0.15) is 24.0 Å². The molecule has 0 aliphatic heterocycles. The number of benzene rings is 1. The second-order valence-electron chi connectivity index (χ2n) is 5.35. The largest absolute Gasteiger partial charge is 0.352 e. The molecule has 1 fully saturated rings. The zero-order valence-electron chi connectivity index (χ0n) is 12.0. The fraction of sp³-hybridized carbons (Fsp3) is 0.500. The maximum Gasteiger partial charge on any atom is 0.243 e. The number of sulfonamides is 1. The van der Waals surface area contributed by atoms with Crippen LogP contribution in [0.15, 0.2) is 23.1 Å². The average Bonchev–Trinajstić information content (AvgIpc) is 3.16. The van der Waals surface area contributed by atoms with E-state index >= 15 is 0 Å². The van der Waals surface area contributed by atoms with Crippen LogP contribution in [0.2, 0.25) is 0 Å². The van der Waals surface area contributed by atoms with E-state index in [9.17, 15) is 13.2 Å². The molecular formula is C14H20N2O3S. The fourth-order valence-corrected chi connectivity index (χ4v) is 3.06. The number of aryl methyl sites for hydroxylation is 2. The van der Waals surface area contributed by atoms with Crippen LogP contribution in [0.25, 0.3) is 0 Å². The van der Waals surface area contributed by atoms with E-state index in [0.29, 0.717) is 0 Å². The Labute approximate surface area is 120 Å². The minimum absolute atomic E-state index is 0.147. The van der Waals surface area contributed by atoms with Gasteiger partial charge in [-0.3, -0.25) is 4.79 Å². The third-order valence-electron chi connectivity index (χ3n) is 3.50. The Morgan fingerprint density at radius 2 is 1.95 bits per heavy atom. The monoisotopic (exact) mass is 296 g/mol. The molecular weight excluding hydrogens is 276 g/mol. The molecule has 1 aliphatic rings. The minimum Gasteiger partial charge on any atom is -0.352 e. The van der Waals surface area contributed by atoms with Crippen molar-refractivity contribution in [1.82, 2.24) is 9.62 Å². The van der Waals surface area contributed by atoms with Crippen LogP contribution >= 0.6 is 0 Å². The summed E-state index contributed by atoms with van der Waals surface area (Å²) >= 11 is 0. The van der Waals surface area contributed by atoms with Crippen LogP contribution in [0, 0.1) is 13.8 Å². The Morgan fingerprint density at radius 1 is 1.30 bits per heavy atom. The summed E-state index contributed by atoms with van der Waals surface area (Å²) in [5.41, 5.74) is 1.96. The van der Waals surface area contributed by atoms with Gasteiger partial charge in [0.25, 0.3) is 0 Å². The van der Waals surface area contributed by atoms with Crippen molar-refractivity contribution in [3.05, 3.63) is 29.3 Å². The van der Waals surface area contributed by atoms with Gasteiger partial charge in [-0.1, -0.05) is 6.07 Å². The van der Waals surface area contributed by atoms with Crippen molar-refractivity contribution in [2.45, 2.75) is 37.6 Å². The summed E-state index contributed by atoms with van der Waals surface area (Å²) in [4.78, 5) is 11.9. The predicted octanol–water partition coefficient (Wildman–Crippen LogP) is 1.20. The van der Waals surface area contributed by atoms with Crippen LogP contribution in [0.4, 0.5) is 0 Å². The highest BCUT2D eigenvalue weighted by molar-refractivity contribution is 7.89. The van der Waals surface area contributed by atoms with Crippen molar-refractivity contribution in [2.24, 2.45) is 0 Å². The van der Waals surface area contributed by atoms with E-state index in [4.69, 9.17) is 0 Å². The van der Waals surface area contributed by atoms with Crippen molar-refractivity contribution in [2.75, 3.05) is 13.6 Å². The van der Waals surface area contributed by atoms with Gasteiger partial charge in [0.15, 0.2) is 0 Å². The highest BCUT2D eigenvalue weighted by atomic mass is 32.2. The number of nitrogens with one attached hydrogen (secondary N) is 1. The molecule has 0 bridgehead atoms. The van der Waals surface area contributed by atoms with Crippen molar-refractivity contribution in [3.8, 4) is 0 Å². The molecule has 0 radical (unpaired) electrons. The van der Waals surface area contributed by atoms with Crippen molar-refractivity contribution >= 4 is 15.9 Å². The van der Waals surface area contributed by atoms with E-state index in [1.54, 1.807) is 18.2 Å². The summed E-state index contributed by atoms with van der Waals surface area (Å²) in [5, 5.41) is 2.78. The van der Waals surface area contributed by atoms with Gasteiger partial charge in [-0.05, 0) is 49.9 Å². The zero-order valence-corrected chi connectivity index (χ0v) is 12.8. The smallest absolute Gasteiger partial charge is 0.243 e. The molecule has 1 saturated carbocycles. The number of amides is 1. The van der Waals surface area contributed by atoms with Crippen molar-refractivity contribution < 1.29 is 13.2 Å². The standard InChI is InChI=1S/C14H20N2O3S/c1-10-4-7-13(8-11(10)2)20(18,19)16(3)9-14(17)15-12-5-6-12/h4,7-8,12H,5-6,9H2,1-3H3,(H,15,17). The van der Waals surface area contributed by atoms with Crippen molar-refractivity contribution in [1.29, 1.82) is 0 Å². The van der Waals surface area contributed by atoms with E-state index in [1.807, 2.05) is 13.8 Å². The van der Waals surface area contributed by atoms with Crippen LogP contribution in [-0.2, 0) is 14.8 Å². The molecule has 20 heavy (non-hydrogen) atoms. The predicted molar refractivity (Wildman–Crippen MR) is 76.9 cm³/mol. The van der Waals surface area contributed by atoms with Crippen molar-refractivity contribution in [3.63, 3.8) is 0 Å². The Hall–Kier alpha value is -1.40. The molecule has 1 N–H and O–H groups in total. The number of rotatable bonds is 5. The van der Waals surface area contributed by atoms with E-state index in [0.717, 1.165) is 28.3 Å². The van der Waals surface area contributed by atoms with Gasteiger partial charge in [-0.15, -0.1) is 0 Å². The Bertz CT molecular complexity index is 621. The Balaban J connectivity index is 2.11. The molecule has 1 aromatic carbocycles. The molecule has 110 valence electrons. The molecule has 0 heterocycles. The topological polar surface area (TPSA) is 66.5 Å². The Morgan fingerprint density at radius 3 is 2.50 bits per heavy atom. The molecule has 2 rings (SSSR count). The van der Waals surface area contributed by atoms with E-state index < -0.39 is 10.0 Å². The summed E-state index contributed by atoms with van der Waals surface area (Å²) in [6.07, 6.45) is 1.97. The van der Waals surface area contributed by atoms with Gasteiger partial charge in [0.05, 0.1) is 11.4 Å². The summed E-state index contributed by atoms with van der Waals surface area (Å²) in [7, 11) is -2.19. The minimum atomic E-state index is -3.62. The first-order valence-electron chi connectivity index (χ1n) is 6.63. The molecule has 1 aliphatic carbocycles. The lowest BCUT2D eigenvalue weighted by Gasteiger charge is -2.17. The average molecular weight is 296 g/mol.